The van der Waals surface area contributed by atoms with Gasteiger partial charge in [-0.2, -0.15) is 9.37 Å². The molecule has 0 unspecified atom stereocenters. The Balaban J connectivity index is 2.53. The van der Waals surface area contributed by atoms with Crippen molar-refractivity contribution in [3.63, 3.8) is 0 Å². The van der Waals surface area contributed by atoms with E-state index in [0.717, 1.165) is 6.20 Å². The molecule has 0 aromatic carbocycles. The van der Waals surface area contributed by atoms with Gasteiger partial charge < -0.3 is 15.7 Å². The summed E-state index contributed by atoms with van der Waals surface area (Å²) in [5.41, 5.74) is -0.314. The minimum Gasteiger partial charge on any atom is -0.465 e. The summed E-state index contributed by atoms with van der Waals surface area (Å²) >= 11 is 5.52. The van der Waals surface area contributed by atoms with E-state index >= 15 is 0 Å². The molecule has 1 aromatic heterocycles. The van der Waals surface area contributed by atoms with Crippen molar-refractivity contribution in [1.82, 2.24) is 15.3 Å². The van der Waals surface area contributed by atoms with E-state index in [4.69, 9.17) is 16.7 Å². The minimum atomic E-state index is -1.67. The van der Waals surface area contributed by atoms with Crippen LogP contribution < -0.4 is 10.6 Å². The number of carbonyl (C=O) groups is 2. The van der Waals surface area contributed by atoms with Crippen LogP contribution in [0.5, 0.6) is 0 Å². The van der Waals surface area contributed by atoms with Gasteiger partial charge in [0.1, 0.15) is 11.4 Å². The number of nitrogens with zero attached hydrogens (tertiary/aromatic N) is 2. The lowest BCUT2D eigenvalue weighted by Crippen LogP contribution is -2.23. The normalized spacial score (nSPS) is 9.89. The zero-order valence-electron chi connectivity index (χ0n) is 9.11. The zero-order valence-corrected chi connectivity index (χ0v) is 9.87. The third kappa shape index (κ3) is 4.50. The van der Waals surface area contributed by atoms with Gasteiger partial charge >= 0.3 is 12.1 Å². The summed E-state index contributed by atoms with van der Waals surface area (Å²) in [5, 5.41) is 13.0. The fraction of sp³-hybridized carbons (Fsp3) is 0.333. The molecule has 18 heavy (non-hydrogen) atoms. The second kappa shape index (κ2) is 6.70. The molecule has 0 radical (unpaired) electrons. The predicted molar refractivity (Wildman–Crippen MR) is 61.6 cm³/mol. The maximum Gasteiger partial charge on any atom is 0.404 e. The van der Waals surface area contributed by atoms with Crippen molar-refractivity contribution < 1.29 is 19.1 Å². The highest BCUT2D eigenvalue weighted by atomic mass is 35.5. The second-order valence-electron chi connectivity index (χ2n) is 3.19. The molecule has 1 amide bonds. The Morgan fingerprint density at radius 3 is 2.78 bits per heavy atom. The van der Waals surface area contributed by atoms with Crippen LogP contribution in [0.3, 0.4) is 0 Å². The fourth-order valence-electron chi connectivity index (χ4n) is 1.13. The lowest BCUT2D eigenvalue weighted by Gasteiger charge is -2.07. The molecule has 0 spiro atoms. The van der Waals surface area contributed by atoms with Crippen LogP contribution in [0.2, 0.25) is 5.28 Å². The average Bonchev–Trinajstić information content (AvgIpc) is 2.27. The molecular weight excluding hydrogens is 267 g/mol. The molecule has 1 rings (SSSR count). The molecule has 0 fully saturated rings. The third-order valence-electron chi connectivity index (χ3n) is 1.89. The first-order chi connectivity index (χ1) is 8.50. The predicted octanol–water partition coefficient (Wildman–Crippen LogP) is 1.31. The van der Waals surface area contributed by atoms with E-state index in [9.17, 15) is 14.0 Å². The van der Waals surface area contributed by atoms with Gasteiger partial charge in [-0.25, -0.2) is 9.78 Å². The van der Waals surface area contributed by atoms with Gasteiger partial charge in [0.15, 0.2) is 0 Å². The van der Waals surface area contributed by atoms with Crippen molar-refractivity contribution in [3.8, 4) is 0 Å². The first kappa shape index (κ1) is 14.1. The van der Waals surface area contributed by atoms with E-state index in [1.165, 1.54) is 0 Å². The van der Waals surface area contributed by atoms with Gasteiger partial charge in [0.2, 0.25) is 5.28 Å². The maximum absolute atomic E-state index is 12.6. The van der Waals surface area contributed by atoms with Gasteiger partial charge in [0, 0.05) is 19.3 Å². The van der Waals surface area contributed by atoms with E-state index < -0.39 is 12.1 Å². The van der Waals surface area contributed by atoms with Gasteiger partial charge in [-0.05, 0) is 18.0 Å². The van der Waals surface area contributed by atoms with E-state index in [1.54, 1.807) is 0 Å². The summed E-state index contributed by atoms with van der Waals surface area (Å²) in [6, 6.07) is -1.67. The monoisotopic (exact) mass is 276 g/mol. The summed E-state index contributed by atoms with van der Waals surface area (Å²) in [6.07, 6.45) is 0.295. The van der Waals surface area contributed by atoms with Crippen LogP contribution in [0.25, 0.3) is 0 Å². The van der Waals surface area contributed by atoms with Crippen LogP contribution in [0.4, 0.5) is 15.0 Å². The lowest BCUT2D eigenvalue weighted by molar-refractivity contribution is 0.0836. The van der Waals surface area contributed by atoms with E-state index in [2.05, 4.69) is 20.6 Å². The Morgan fingerprint density at radius 1 is 1.44 bits per heavy atom. The van der Waals surface area contributed by atoms with Crippen molar-refractivity contribution in [1.29, 1.82) is 0 Å². The molecule has 0 bridgehead atoms. The van der Waals surface area contributed by atoms with Crippen molar-refractivity contribution in [2.24, 2.45) is 0 Å². The zero-order chi connectivity index (χ0) is 13.5. The van der Waals surface area contributed by atoms with Crippen molar-refractivity contribution in [3.05, 3.63) is 17.0 Å². The Morgan fingerprint density at radius 2 is 2.17 bits per heavy atom. The Bertz CT molecular complexity index is 457. The van der Waals surface area contributed by atoms with Crippen molar-refractivity contribution in [2.75, 3.05) is 18.4 Å². The standard InChI is InChI=1S/C9H10ClFN4O3/c10-8-14-4-5(6(11)16)7(15-8)12-2-1-3-13-9(17)18/h4,13H,1-3H2,(H,17,18)(H,12,14,15). The summed E-state index contributed by atoms with van der Waals surface area (Å²) in [4.78, 5) is 28.0. The third-order valence-corrected chi connectivity index (χ3v) is 2.08. The summed E-state index contributed by atoms with van der Waals surface area (Å²) < 4.78 is 12.6. The van der Waals surface area contributed by atoms with Crippen LogP contribution in [0.1, 0.15) is 16.8 Å². The van der Waals surface area contributed by atoms with Crippen LogP contribution >= 0.6 is 11.6 Å². The number of anilines is 1. The van der Waals surface area contributed by atoms with Gasteiger partial charge in [-0.15, -0.1) is 0 Å². The summed E-state index contributed by atoms with van der Waals surface area (Å²) in [7, 11) is 0. The molecular formula is C9H10ClFN4O3. The number of amides is 1. The average molecular weight is 277 g/mol. The Hall–Kier alpha value is -1.96. The highest BCUT2D eigenvalue weighted by Crippen LogP contribution is 2.15. The van der Waals surface area contributed by atoms with Gasteiger partial charge in [-0.1, -0.05) is 0 Å². The molecule has 98 valence electrons. The molecule has 0 atom stereocenters. The number of hydrogen-bond donors (Lipinski definition) is 3. The van der Waals surface area contributed by atoms with Crippen LogP contribution in [0.15, 0.2) is 6.20 Å². The number of carbonyl (C=O) groups excluding carboxylic acids is 1. The minimum absolute atomic E-state index is 0.0159. The Labute approximate surface area is 106 Å². The maximum atomic E-state index is 12.6. The quantitative estimate of drug-likeness (QED) is 0.411. The molecule has 0 saturated heterocycles. The van der Waals surface area contributed by atoms with E-state index in [1.807, 2.05) is 0 Å². The number of aromatic nitrogens is 2. The second-order valence-corrected chi connectivity index (χ2v) is 3.53. The largest absolute Gasteiger partial charge is 0.465 e. The van der Waals surface area contributed by atoms with Gasteiger partial charge in [0.25, 0.3) is 0 Å². The molecule has 0 aliphatic rings. The topological polar surface area (TPSA) is 104 Å². The molecule has 1 aromatic rings. The van der Waals surface area contributed by atoms with Gasteiger partial charge in [0.05, 0.1) is 0 Å². The van der Waals surface area contributed by atoms with Crippen molar-refractivity contribution >= 4 is 29.5 Å². The molecule has 0 aliphatic heterocycles. The first-order valence-corrected chi connectivity index (χ1v) is 5.31. The summed E-state index contributed by atoms with van der Waals surface area (Å²) in [5.74, 6) is -0.0159. The molecule has 9 heteroatoms. The van der Waals surface area contributed by atoms with E-state index in [0.29, 0.717) is 13.0 Å². The lowest BCUT2D eigenvalue weighted by atomic mass is 10.3. The number of carboxylic acid groups (broad SMARTS) is 1. The smallest absolute Gasteiger partial charge is 0.404 e. The van der Waals surface area contributed by atoms with Crippen LogP contribution in [-0.2, 0) is 0 Å². The molecule has 3 N–H and O–H groups in total. The van der Waals surface area contributed by atoms with Gasteiger partial charge in [-0.3, -0.25) is 4.79 Å². The van der Waals surface area contributed by atoms with Crippen LogP contribution in [-0.4, -0.2) is 40.3 Å². The molecule has 7 nitrogen and oxygen atoms in total. The highest BCUT2D eigenvalue weighted by Gasteiger charge is 2.13. The highest BCUT2D eigenvalue weighted by molar-refractivity contribution is 6.28. The molecule has 0 aliphatic carbocycles. The number of hydrogen-bond acceptors (Lipinski definition) is 5. The fourth-order valence-corrected chi connectivity index (χ4v) is 1.26. The van der Waals surface area contributed by atoms with Crippen molar-refractivity contribution in [2.45, 2.75) is 6.42 Å². The van der Waals surface area contributed by atoms with E-state index in [-0.39, 0.29) is 23.2 Å². The SMILES string of the molecule is O=C(O)NCCCNc1nc(Cl)ncc1C(=O)F. The van der Waals surface area contributed by atoms with Crippen LogP contribution in [0, 0.1) is 0 Å². The Kier molecular flexibility index (Phi) is 5.25. The number of nitrogens with one attached hydrogen (secondary N) is 2. The number of halogens is 2. The molecule has 0 saturated carbocycles. The molecule has 1 heterocycles. The summed E-state index contributed by atoms with van der Waals surface area (Å²) in [6.45, 7) is 0.522. The number of rotatable bonds is 6. The first-order valence-electron chi connectivity index (χ1n) is 4.93.